The van der Waals surface area contributed by atoms with Crippen LogP contribution in [0.25, 0.3) is 87.6 Å². The van der Waals surface area contributed by atoms with Gasteiger partial charge in [0.05, 0.1) is 33.2 Å². The Hall–Kier alpha value is -6.26. The van der Waals surface area contributed by atoms with E-state index in [4.69, 9.17) is 4.42 Å². The highest BCUT2D eigenvalue weighted by molar-refractivity contribution is 6.31. The number of para-hydroxylation sites is 2. The Bertz CT molecular complexity index is 3430. The van der Waals surface area contributed by atoms with Gasteiger partial charge in [0.25, 0.3) is 5.69 Å². The highest BCUT2D eigenvalue weighted by Crippen LogP contribution is 2.51. The number of furan rings is 1. The molecular weight excluding hydrogens is 647 g/mol. The minimum Gasteiger partial charge on any atom is -0.456 e. The van der Waals surface area contributed by atoms with E-state index in [0.29, 0.717) is 5.92 Å². The van der Waals surface area contributed by atoms with Crippen LogP contribution in [0.5, 0.6) is 0 Å². The number of rotatable bonds is 0. The van der Waals surface area contributed by atoms with Crippen LogP contribution in [0.15, 0.2) is 138 Å². The Kier molecular flexibility index (Phi) is 5.02. The molecule has 7 heterocycles. The molecule has 1 aliphatic carbocycles. The zero-order chi connectivity index (χ0) is 34.9. The summed E-state index contributed by atoms with van der Waals surface area (Å²) < 4.78 is 14.4. The lowest BCUT2D eigenvalue weighted by Gasteiger charge is -2.24. The van der Waals surface area contributed by atoms with Gasteiger partial charge in [0.1, 0.15) is 11.2 Å². The van der Waals surface area contributed by atoms with Crippen LogP contribution in [0.1, 0.15) is 55.1 Å². The molecule has 5 aromatic carbocycles. The normalized spacial score (nSPS) is 16.9. The third-order valence-electron chi connectivity index (χ3n) is 12.8. The highest BCUT2D eigenvalue weighted by Gasteiger charge is 2.52. The second kappa shape index (κ2) is 9.39. The van der Waals surface area contributed by atoms with Crippen LogP contribution in [-0.2, 0) is 11.8 Å². The summed E-state index contributed by atoms with van der Waals surface area (Å²) in [6.45, 7) is 6.90. The van der Waals surface area contributed by atoms with Gasteiger partial charge in [-0.2, -0.15) is 8.97 Å². The molecule has 6 aromatic heterocycles. The standard InChI is InChI=1S/C49H35N3O/c1-49(2,3)38-25-37-30-17-12-16-29-33-23-34-32(26-41(33)52(44(29)30)45(37)43-31-15-6-7-20-42(31)53-48(38)43)36-24-35-27-13-4-5-14-28(27)39-18-8-10-21-50(39)46(35)47(36)51-22-11-9-19-40(34)51/h4-23,25-26,35,46H,24H2,1-3H3/q+2. The van der Waals surface area contributed by atoms with Gasteiger partial charge in [-0.3, -0.25) is 0 Å². The number of aromatic nitrogens is 3. The molecule has 13 rings (SSSR count). The average Bonchev–Trinajstić information content (AvgIpc) is 3.94. The van der Waals surface area contributed by atoms with Crippen LogP contribution in [0.4, 0.5) is 0 Å². The molecule has 0 fully saturated rings. The molecule has 53 heavy (non-hydrogen) atoms. The van der Waals surface area contributed by atoms with Gasteiger partial charge in [-0.05, 0) is 59.9 Å². The van der Waals surface area contributed by atoms with Crippen molar-refractivity contribution in [1.82, 2.24) is 4.40 Å². The minimum atomic E-state index is -0.0874. The van der Waals surface area contributed by atoms with Crippen molar-refractivity contribution in [3.8, 4) is 11.3 Å². The summed E-state index contributed by atoms with van der Waals surface area (Å²) in [5, 5.41) is 10.3. The van der Waals surface area contributed by atoms with E-state index in [2.05, 4.69) is 168 Å². The maximum atomic E-state index is 6.79. The fourth-order valence-corrected chi connectivity index (χ4v) is 10.7. The smallest absolute Gasteiger partial charge is 0.260 e. The van der Waals surface area contributed by atoms with Crippen LogP contribution >= 0.6 is 0 Å². The molecule has 4 heteroatoms. The number of benzene rings is 5. The Morgan fingerprint density at radius 2 is 1.43 bits per heavy atom. The molecule has 250 valence electrons. The molecule has 0 radical (unpaired) electrons. The Morgan fingerprint density at radius 1 is 0.660 bits per heavy atom. The van der Waals surface area contributed by atoms with Crippen molar-refractivity contribution >= 4 is 76.3 Å². The Balaban J connectivity index is 1.22. The number of hydrogen-bond acceptors (Lipinski definition) is 1. The molecule has 2 atom stereocenters. The lowest BCUT2D eigenvalue weighted by molar-refractivity contribution is -0.724. The largest absolute Gasteiger partial charge is 0.456 e. The molecule has 11 aromatic rings. The van der Waals surface area contributed by atoms with E-state index in [9.17, 15) is 0 Å². The molecule has 0 amide bonds. The zero-order valence-corrected chi connectivity index (χ0v) is 29.8. The summed E-state index contributed by atoms with van der Waals surface area (Å²) in [4.78, 5) is 0. The summed E-state index contributed by atoms with van der Waals surface area (Å²) in [6.07, 6.45) is 5.58. The van der Waals surface area contributed by atoms with E-state index in [1.165, 1.54) is 98.8 Å². The average molecular weight is 682 g/mol. The number of pyridine rings is 3. The summed E-state index contributed by atoms with van der Waals surface area (Å²) in [5.74, 6) is 0.347. The minimum absolute atomic E-state index is 0.0874. The van der Waals surface area contributed by atoms with Crippen molar-refractivity contribution in [1.29, 1.82) is 0 Å². The van der Waals surface area contributed by atoms with Gasteiger partial charge >= 0.3 is 0 Å². The SMILES string of the molecule is CC(C)(C)c1cc2c3cccc4c5cc6c(cc5n(c43)c2c2c1oc1ccccc12)c1c([n+]2ccccc62)C2C(C1)c1ccccc1-c1cccc[n+]12. The highest BCUT2D eigenvalue weighted by atomic mass is 16.3. The van der Waals surface area contributed by atoms with Crippen molar-refractivity contribution in [2.45, 2.75) is 44.6 Å². The Morgan fingerprint density at radius 3 is 2.34 bits per heavy atom. The maximum Gasteiger partial charge on any atom is 0.260 e. The molecule has 0 saturated carbocycles. The van der Waals surface area contributed by atoms with Gasteiger partial charge in [0, 0.05) is 73.3 Å². The van der Waals surface area contributed by atoms with Gasteiger partial charge < -0.3 is 8.82 Å². The monoisotopic (exact) mass is 681 g/mol. The van der Waals surface area contributed by atoms with E-state index >= 15 is 0 Å². The van der Waals surface area contributed by atoms with Crippen LogP contribution in [0.3, 0.4) is 0 Å². The van der Waals surface area contributed by atoms with Gasteiger partial charge in [-0.1, -0.05) is 75.4 Å². The lowest BCUT2D eigenvalue weighted by Crippen LogP contribution is -2.49. The molecule has 2 unspecified atom stereocenters. The molecule has 0 bridgehead atoms. The first kappa shape index (κ1) is 28.3. The predicted octanol–water partition coefficient (Wildman–Crippen LogP) is 11.1. The molecular formula is C49H35N3O+2. The molecule has 0 saturated heterocycles. The molecule has 1 aliphatic heterocycles. The number of fused-ring (bicyclic) bond motifs is 23. The molecule has 0 spiro atoms. The van der Waals surface area contributed by atoms with Gasteiger partial charge in [0.15, 0.2) is 12.4 Å². The third-order valence-corrected chi connectivity index (χ3v) is 12.8. The molecule has 4 nitrogen and oxygen atoms in total. The van der Waals surface area contributed by atoms with Crippen molar-refractivity contribution in [2.75, 3.05) is 0 Å². The first-order valence-electron chi connectivity index (χ1n) is 18.9. The van der Waals surface area contributed by atoms with E-state index in [-0.39, 0.29) is 11.5 Å². The molecule has 2 aliphatic rings. The van der Waals surface area contributed by atoms with E-state index in [0.717, 1.165) is 17.6 Å². The maximum absolute atomic E-state index is 6.79. The fourth-order valence-electron chi connectivity index (χ4n) is 10.7. The number of hydrogen-bond donors (Lipinski definition) is 0. The van der Waals surface area contributed by atoms with Crippen molar-refractivity contribution in [3.63, 3.8) is 0 Å². The third kappa shape index (κ3) is 3.35. The second-order valence-electron chi connectivity index (χ2n) is 16.5. The van der Waals surface area contributed by atoms with Crippen molar-refractivity contribution in [2.24, 2.45) is 0 Å². The molecule has 0 N–H and O–H groups in total. The van der Waals surface area contributed by atoms with E-state index in [1.54, 1.807) is 0 Å². The van der Waals surface area contributed by atoms with Crippen molar-refractivity contribution in [3.05, 3.63) is 156 Å². The van der Waals surface area contributed by atoms with Crippen LogP contribution < -0.4 is 8.97 Å². The van der Waals surface area contributed by atoms with E-state index in [1.807, 2.05) is 0 Å². The van der Waals surface area contributed by atoms with Crippen LogP contribution in [0.2, 0.25) is 0 Å². The summed E-state index contributed by atoms with van der Waals surface area (Å²) in [6, 6.07) is 45.6. The quantitative estimate of drug-likeness (QED) is 0.116. The van der Waals surface area contributed by atoms with Gasteiger partial charge in [0.2, 0.25) is 17.3 Å². The summed E-state index contributed by atoms with van der Waals surface area (Å²) in [5.41, 5.74) is 15.1. The number of nitrogens with zero attached hydrogens (tertiary/aromatic N) is 3. The van der Waals surface area contributed by atoms with Gasteiger partial charge in [-0.25, -0.2) is 0 Å². The predicted molar refractivity (Wildman–Crippen MR) is 214 cm³/mol. The zero-order valence-electron chi connectivity index (χ0n) is 29.8. The van der Waals surface area contributed by atoms with Gasteiger partial charge in [-0.15, -0.1) is 0 Å². The van der Waals surface area contributed by atoms with Crippen LogP contribution in [-0.4, -0.2) is 4.40 Å². The summed E-state index contributed by atoms with van der Waals surface area (Å²) >= 11 is 0. The van der Waals surface area contributed by atoms with Crippen molar-refractivity contribution < 1.29 is 13.4 Å². The first-order chi connectivity index (χ1) is 26.0. The van der Waals surface area contributed by atoms with E-state index < -0.39 is 0 Å². The topological polar surface area (TPSA) is 25.5 Å². The van der Waals surface area contributed by atoms with Crippen LogP contribution in [0, 0.1) is 0 Å². The Labute approximate surface area is 305 Å². The lowest BCUT2D eigenvalue weighted by atomic mass is 9.84. The summed E-state index contributed by atoms with van der Waals surface area (Å²) in [7, 11) is 0. The second-order valence-corrected chi connectivity index (χ2v) is 16.5. The fraction of sp³-hybridized carbons (Fsp3) is 0.143. The first-order valence-corrected chi connectivity index (χ1v) is 18.9.